The van der Waals surface area contributed by atoms with Crippen molar-refractivity contribution >= 4 is 11.4 Å². The average molecular weight is 176 g/mol. The van der Waals surface area contributed by atoms with Crippen molar-refractivity contribution < 1.29 is 0 Å². The van der Waals surface area contributed by atoms with Crippen molar-refractivity contribution in [2.75, 3.05) is 11.1 Å². The highest BCUT2D eigenvalue weighted by Crippen LogP contribution is 2.34. The Morgan fingerprint density at radius 2 is 2.23 bits per heavy atom. The van der Waals surface area contributed by atoms with Crippen LogP contribution in [0.3, 0.4) is 0 Å². The van der Waals surface area contributed by atoms with E-state index < -0.39 is 0 Å². The highest BCUT2D eigenvalue weighted by Gasteiger charge is 2.27. The Balaban J connectivity index is 2.00. The summed E-state index contributed by atoms with van der Waals surface area (Å²) < 4.78 is 0. The van der Waals surface area contributed by atoms with E-state index in [0.29, 0.717) is 6.04 Å². The smallest absolute Gasteiger partial charge is 0.0362 e. The van der Waals surface area contributed by atoms with E-state index in [-0.39, 0.29) is 0 Å². The molecular formula is C11H16N2. The molecule has 2 rings (SSSR count). The lowest BCUT2D eigenvalue weighted by molar-refractivity contribution is 0.694. The first kappa shape index (κ1) is 8.42. The molecule has 1 aliphatic carbocycles. The molecule has 1 unspecified atom stereocenters. The van der Waals surface area contributed by atoms with Crippen LogP contribution in [-0.2, 0) is 0 Å². The second kappa shape index (κ2) is 3.29. The molecule has 1 aromatic rings. The van der Waals surface area contributed by atoms with E-state index in [4.69, 9.17) is 5.73 Å². The van der Waals surface area contributed by atoms with Crippen LogP contribution in [0.5, 0.6) is 0 Å². The molecular weight excluding hydrogens is 160 g/mol. The molecule has 1 saturated carbocycles. The lowest BCUT2D eigenvalue weighted by Crippen LogP contribution is -2.17. The standard InChI is InChI=1S/C11H16N2/c1-8(9-5-6-9)13-11-4-2-3-10(12)7-11/h2-4,7-9,13H,5-6,12H2,1H3. The second-order valence-corrected chi connectivity index (χ2v) is 3.90. The number of hydrogen-bond donors (Lipinski definition) is 2. The summed E-state index contributed by atoms with van der Waals surface area (Å²) in [6.45, 7) is 2.24. The molecule has 1 fully saturated rings. The van der Waals surface area contributed by atoms with Crippen molar-refractivity contribution in [1.82, 2.24) is 0 Å². The van der Waals surface area contributed by atoms with Gasteiger partial charge in [0.2, 0.25) is 0 Å². The van der Waals surface area contributed by atoms with Crippen molar-refractivity contribution in [3.8, 4) is 0 Å². The predicted molar refractivity (Wildman–Crippen MR) is 56.7 cm³/mol. The Labute approximate surface area is 79.1 Å². The highest BCUT2D eigenvalue weighted by atomic mass is 14.9. The lowest BCUT2D eigenvalue weighted by Gasteiger charge is -2.14. The molecule has 3 N–H and O–H groups in total. The average Bonchev–Trinajstić information content (AvgIpc) is 2.85. The molecule has 1 aromatic carbocycles. The van der Waals surface area contributed by atoms with Gasteiger partial charge in [-0.3, -0.25) is 0 Å². The molecule has 0 aromatic heterocycles. The monoisotopic (exact) mass is 176 g/mol. The van der Waals surface area contributed by atoms with Crippen LogP contribution in [0.4, 0.5) is 11.4 Å². The number of nitrogens with one attached hydrogen (secondary N) is 1. The maximum atomic E-state index is 5.69. The predicted octanol–water partition coefficient (Wildman–Crippen LogP) is 2.48. The number of rotatable bonds is 3. The molecule has 1 atom stereocenters. The molecule has 1 aliphatic rings. The summed E-state index contributed by atoms with van der Waals surface area (Å²) in [5, 5.41) is 3.46. The molecule has 0 saturated heterocycles. The van der Waals surface area contributed by atoms with Gasteiger partial charge in [0, 0.05) is 17.4 Å². The maximum absolute atomic E-state index is 5.69. The van der Waals surface area contributed by atoms with Gasteiger partial charge in [0.05, 0.1) is 0 Å². The van der Waals surface area contributed by atoms with Gasteiger partial charge in [0.25, 0.3) is 0 Å². The van der Waals surface area contributed by atoms with Gasteiger partial charge in [-0.25, -0.2) is 0 Å². The van der Waals surface area contributed by atoms with Gasteiger partial charge >= 0.3 is 0 Å². The fourth-order valence-corrected chi connectivity index (χ4v) is 1.61. The zero-order valence-electron chi connectivity index (χ0n) is 7.96. The molecule has 13 heavy (non-hydrogen) atoms. The first-order chi connectivity index (χ1) is 6.25. The minimum absolute atomic E-state index is 0.585. The van der Waals surface area contributed by atoms with Gasteiger partial charge < -0.3 is 11.1 Å². The summed E-state index contributed by atoms with van der Waals surface area (Å²) >= 11 is 0. The molecule has 2 nitrogen and oxygen atoms in total. The minimum atomic E-state index is 0.585. The fraction of sp³-hybridized carbons (Fsp3) is 0.455. The van der Waals surface area contributed by atoms with Crippen molar-refractivity contribution in [3.63, 3.8) is 0 Å². The van der Waals surface area contributed by atoms with E-state index >= 15 is 0 Å². The molecule has 2 heteroatoms. The van der Waals surface area contributed by atoms with Crippen LogP contribution >= 0.6 is 0 Å². The van der Waals surface area contributed by atoms with Crippen LogP contribution in [0, 0.1) is 5.92 Å². The van der Waals surface area contributed by atoms with Crippen LogP contribution in [0.15, 0.2) is 24.3 Å². The van der Waals surface area contributed by atoms with Crippen LogP contribution < -0.4 is 11.1 Å². The maximum Gasteiger partial charge on any atom is 0.0362 e. The summed E-state index contributed by atoms with van der Waals surface area (Å²) in [4.78, 5) is 0. The number of benzene rings is 1. The third-order valence-corrected chi connectivity index (χ3v) is 2.61. The molecule has 0 heterocycles. The number of nitrogens with two attached hydrogens (primary N) is 1. The number of anilines is 2. The third-order valence-electron chi connectivity index (χ3n) is 2.61. The van der Waals surface area contributed by atoms with Gasteiger partial charge in [-0.05, 0) is 43.9 Å². The van der Waals surface area contributed by atoms with Crippen LogP contribution in [0.2, 0.25) is 0 Å². The van der Waals surface area contributed by atoms with E-state index in [1.165, 1.54) is 12.8 Å². The first-order valence-corrected chi connectivity index (χ1v) is 4.88. The summed E-state index contributed by atoms with van der Waals surface area (Å²) in [7, 11) is 0. The van der Waals surface area contributed by atoms with Crippen LogP contribution in [-0.4, -0.2) is 6.04 Å². The SMILES string of the molecule is CC(Nc1cccc(N)c1)C1CC1. The van der Waals surface area contributed by atoms with E-state index in [1.807, 2.05) is 18.2 Å². The van der Waals surface area contributed by atoms with Gasteiger partial charge in [0.1, 0.15) is 0 Å². The van der Waals surface area contributed by atoms with Gasteiger partial charge in [-0.2, -0.15) is 0 Å². The molecule has 0 amide bonds. The number of hydrogen-bond acceptors (Lipinski definition) is 2. The zero-order valence-corrected chi connectivity index (χ0v) is 7.96. The van der Waals surface area contributed by atoms with E-state index in [1.54, 1.807) is 0 Å². The van der Waals surface area contributed by atoms with Crippen molar-refractivity contribution in [1.29, 1.82) is 0 Å². The van der Waals surface area contributed by atoms with E-state index in [0.717, 1.165) is 17.3 Å². The summed E-state index contributed by atoms with van der Waals surface area (Å²) in [6.07, 6.45) is 2.74. The van der Waals surface area contributed by atoms with Crippen LogP contribution in [0.25, 0.3) is 0 Å². The normalized spacial score (nSPS) is 18.2. The molecule has 0 bridgehead atoms. The van der Waals surface area contributed by atoms with E-state index in [2.05, 4.69) is 18.3 Å². The van der Waals surface area contributed by atoms with Crippen molar-refractivity contribution in [3.05, 3.63) is 24.3 Å². The van der Waals surface area contributed by atoms with Gasteiger partial charge in [-0.15, -0.1) is 0 Å². The quantitative estimate of drug-likeness (QED) is 0.694. The second-order valence-electron chi connectivity index (χ2n) is 3.90. The Morgan fingerprint density at radius 3 is 2.85 bits per heavy atom. The Hall–Kier alpha value is -1.18. The Morgan fingerprint density at radius 1 is 1.46 bits per heavy atom. The van der Waals surface area contributed by atoms with Crippen molar-refractivity contribution in [2.24, 2.45) is 5.92 Å². The lowest BCUT2D eigenvalue weighted by atomic mass is 10.2. The first-order valence-electron chi connectivity index (χ1n) is 4.88. The summed E-state index contributed by atoms with van der Waals surface area (Å²) in [5.41, 5.74) is 7.65. The highest BCUT2D eigenvalue weighted by molar-refractivity contribution is 5.54. The largest absolute Gasteiger partial charge is 0.399 e. The minimum Gasteiger partial charge on any atom is -0.399 e. The van der Waals surface area contributed by atoms with Gasteiger partial charge in [-0.1, -0.05) is 6.07 Å². The van der Waals surface area contributed by atoms with Gasteiger partial charge in [0.15, 0.2) is 0 Å². The van der Waals surface area contributed by atoms with Crippen molar-refractivity contribution in [2.45, 2.75) is 25.8 Å². The Kier molecular flexibility index (Phi) is 2.13. The zero-order chi connectivity index (χ0) is 9.26. The molecule has 0 aliphatic heterocycles. The van der Waals surface area contributed by atoms with E-state index in [9.17, 15) is 0 Å². The molecule has 70 valence electrons. The topological polar surface area (TPSA) is 38.0 Å². The van der Waals surface area contributed by atoms with Crippen LogP contribution in [0.1, 0.15) is 19.8 Å². The summed E-state index contributed by atoms with van der Waals surface area (Å²) in [6, 6.07) is 8.53. The number of nitrogen functional groups attached to an aromatic ring is 1. The fourth-order valence-electron chi connectivity index (χ4n) is 1.61. The molecule has 0 radical (unpaired) electrons. The molecule has 0 spiro atoms. The summed E-state index contributed by atoms with van der Waals surface area (Å²) in [5.74, 6) is 0.876. The third kappa shape index (κ3) is 2.14. The Bertz CT molecular complexity index is 292.